The lowest BCUT2D eigenvalue weighted by Gasteiger charge is -2.13. The van der Waals surface area contributed by atoms with Gasteiger partial charge in [0.2, 0.25) is 0 Å². The molecule has 6 nitrogen and oxygen atoms in total. The number of benzene rings is 1. The van der Waals surface area contributed by atoms with Crippen LogP contribution in [0.1, 0.15) is 31.1 Å². The van der Waals surface area contributed by atoms with E-state index in [0.29, 0.717) is 22.9 Å². The summed E-state index contributed by atoms with van der Waals surface area (Å²) in [5, 5.41) is 3.03. The number of carbonyl (C=O) groups excluding carboxylic acids is 3. The summed E-state index contributed by atoms with van der Waals surface area (Å²) in [6.07, 6.45) is 1.32. The molecule has 24 heavy (non-hydrogen) atoms. The van der Waals surface area contributed by atoms with E-state index in [1.807, 2.05) is 0 Å². The second kappa shape index (κ2) is 6.62. The van der Waals surface area contributed by atoms with Gasteiger partial charge in [-0.1, -0.05) is 11.6 Å². The molecular formula is C16H12ClN3O3S. The van der Waals surface area contributed by atoms with Crippen molar-refractivity contribution in [3.8, 4) is 0 Å². The van der Waals surface area contributed by atoms with Gasteiger partial charge in [0.05, 0.1) is 16.7 Å². The van der Waals surface area contributed by atoms with Crippen LogP contribution in [-0.4, -0.2) is 35.0 Å². The van der Waals surface area contributed by atoms with E-state index in [9.17, 15) is 14.4 Å². The van der Waals surface area contributed by atoms with Gasteiger partial charge < -0.3 is 5.32 Å². The van der Waals surface area contributed by atoms with Crippen LogP contribution >= 0.6 is 24.2 Å². The average molecular weight is 362 g/mol. The zero-order chi connectivity index (χ0) is 17.3. The number of amides is 3. The monoisotopic (exact) mass is 361 g/mol. The highest BCUT2D eigenvalue weighted by atomic mass is 35.5. The molecule has 2 heterocycles. The molecule has 1 aromatic carbocycles. The molecule has 0 atom stereocenters. The van der Waals surface area contributed by atoms with Crippen LogP contribution < -0.4 is 10.2 Å². The SMILES string of the molecule is O=C(NCCS)c1ccc(N2C(=O)c3ccc(Cl)cc3C2=O)nc1. The number of anilines is 1. The van der Waals surface area contributed by atoms with Crippen molar-refractivity contribution in [1.82, 2.24) is 10.3 Å². The topological polar surface area (TPSA) is 79.4 Å². The third-order valence-electron chi connectivity index (χ3n) is 3.49. The Labute approximate surface area is 148 Å². The summed E-state index contributed by atoms with van der Waals surface area (Å²) in [6, 6.07) is 7.48. The Bertz CT molecular complexity index is 839. The molecule has 0 saturated heterocycles. The van der Waals surface area contributed by atoms with Crippen molar-refractivity contribution in [3.05, 3.63) is 58.2 Å². The van der Waals surface area contributed by atoms with Crippen LogP contribution in [0.5, 0.6) is 0 Å². The van der Waals surface area contributed by atoms with Gasteiger partial charge in [-0.05, 0) is 30.3 Å². The lowest BCUT2D eigenvalue weighted by atomic mass is 10.1. The van der Waals surface area contributed by atoms with E-state index < -0.39 is 11.8 Å². The van der Waals surface area contributed by atoms with E-state index in [-0.39, 0.29) is 22.9 Å². The van der Waals surface area contributed by atoms with E-state index in [0.717, 1.165) is 4.90 Å². The molecule has 2 aromatic rings. The first-order valence-corrected chi connectivity index (χ1v) is 8.07. The van der Waals surface area contributed by atoms with E-state index in [4.69, 9.17) is 11.6 Å². The molecule has 0 saturated carbocycles. The van der Waals surface area contributed by atoms with Crippen LogP contribution in [0.3, 0.4) is 0 Å². The minimum absolute atomic E-state index is 0.156. The molecule has 3 amide bonds. The number of carbonyl (C=O) groups is 3. The fraction of sp³-hybridized carbons (Fsp3) is 0.125. The maximum Gasteiger partial charge on any atom is 0.267 e. The number of imide groups is 1. The third kappa shape index (κ3) is 2.88. The van der Waals surface area contributed by atoms with Crippen LogP contribution in [-0.2, 0) is 0 Å². The molecule has 1 aromatic heterocycles. The van der Waals surface area contributed by atoms with E-state index in [1.165, 1.54) is 30.5 Å². The highest BCUT2D eigenvalue weighted by Crippen LogP contribution is 2.29. The van der Waals surface area contributed by atoms with Crippen LogP contribution in [0, 0.1) is 0 Å². The molecule has 3 rings (SSSR count). The van der Waals surface area contributed by atoms with Crippen LogP contribution in [0.4, 0.5) is 5.82 Å². The van der Waals surface area contributed by atoms with E-state index in [1.54, 1.807) is 6.07 Å². The largest absolute Gasteiger partial charge is 0.351 e. The number of aromatic nitrogens is 1. The van der Waals surface area contributed by atoms with E-state index in [2.05, 4.69) is 22.9 Å². The normalized spacial score (nSPS) is 13.2. The minimum Gasteiger partial charge on any atom is -0.351 e. The minimum atomic E-state index is -0.489. The number of thiol groups is 1. The van der Waals surface area contributed by atoms with Crippen molar-refractivity contribution in [1.29, 1.82) is 0 Å². The van der Waals surface area contributed by atoms with Crippen molar-refractivity contribution in [3.63, 3.8) is 0 Å². The van der Waals surface area contributed by atoms with Crippen LogP contribution in [0.15, 0.2) is 36.5 Å². The quantitative estimate of drug-likeness (QED) is 0.646. The molecule has 1 aliphatic heterocycles. The zero-order valence-electron chi connectivity index (χ0n) is 12.3. The number of hydrogen-bond donors (Lipinski definition) is 2. The van der Waals surface area contributed by atoms with Crippen molar-refractivity contribution in [2.24, 2.45) is 0 Å². The van der Waals surface area contributed by atoms with Gasteiger partial charge in [0.15, 0.2) is 0 Å². The molecule has 0 radical (unpaired) electrons. The van der Waals surface area contributed by atoms with Crippen LogP contribution in [0.25, 0.3) is 0 Å². The Kier molecular flexibility index (Phi) is 4.55. The Balaban J connectivity index is 1.87. The summed E-state index contributed by atoms with van der Waals surface area (Å²) >= 11 is 9.89. The number of pyridine rings is 1. The van der Waals surface area contributed by atoms with Crippen molar-refractivity contribution < 1.29 is 14.4 Å². The maximum atomic E-state index is 12.4. The lowest BCUT2D eigenvalue weighted by molar-refractivity contribution is 0.0922. The Hall–Kier alpha value is -2.38. The summed E-state index contributed by atoms with van der Waals surface area (Å²) in [5.41, 5.74) is 0.854. The van der Waals surface area contributed by atoms with Crippen molar-refractivity contribution in [2.75, 3.05) is 17.2 Å². The van der Waals surface area contributed by atoms with Gasteiger partial charge >= 0.3 is 0 Å². The highest BCUT2D eigenvalue weighted by molar-refractivity contribution is 7.80. The van der Waals surface area contributed by atoms with Gasteiger partial charge in [0.25, 0.3) is 17.7 Å². The van der Waals surface area contributed by atoms with Crippen LogP contribution in [0.2, 0.25) is 5.02 Å². The Morgan fingerprint density at radius 3 is 2.58 bits per heavy atom. The first-order valence-electron chi connectivity index (χ1n) is 7.06. The Morgan fingerprint density at radius 2 is 1.92 bits per heavy atom. The molecule has 1 aliphatic rings. The number of fused-ring (bicyclic) bond motifs is 1. The predicted molar refractivity (Wildman–Crippen MR) is 93.0 cm³/mol. The second-order valence-electron chi connectivity index (χ2n) is 5.02. The zero-order valence-corrected chi connectivity index (χ0v) is 14.0. The van der Waals surface area contributed by atoms with Crippen molar-refractivity contribution >= 4 is 47.8 Å². The number of hydrogen-bond acceptors (Lipinski definition) is 5. The summed E-state index contributed by atoms with van der Waals surface area (Å²) in [7, 11) is 0. The maximum absolute atomic E-state index is 12.4. The molecular weight excluding hydrogens is 350 g/mol. The number of rotatable bonds is 4. The smallest absolute Gasteiger partial charge is 0.267 e. The standard InChI is InChI=1S/C16H12ClN3O3S/c17-10-2-3-11-12(7-10)16(23)20(15(11)22)13-4-1-9(8-19-13)14(21)18-5-6-24/h1-4,7-8,24H,5-6H2,(H,18,21). The number of halogens is 1. The fourth-order valence-electron chi connectivity index (χ4n) is 2.35. The average Bonchev–Trinajstić information content (AvgIpc) is 2.83. The van der Waals surface area contributed by atoms with Gasteiger partial charge in [0, 0.05) is 23.5 Å². The van der Waals surface area contributed by atoms with Gasteiger partial charge in [-0.2, -0.15) is 12.6 Å². The van der Waals surface area contributed by atoms with Gasteiger partial charge in [0.1, 0.15) is 5.82 Å². The van der Waals surface area contributed by atoms with E-state index >= 15 is 0 Å². The molecule has 0 bridgehead atoms. The molecule has 0 unspecified atom stereocenters. The van der Waals surface area contributed by atoms with Gasteiger partial charge in [-0.3, -0.25) is 14.4 Å². The summed E-state index contributed by atoms with van der Waals surface area (Å²) in [5.74, 6) is -0.571. The molecule has 8 heteroatoms. The molecule has 0 spiro atoms. The molecule has 122 valence electrons. The fourth-order valence-corrected chi connectivity index (χ4v) is 2.63. The molecule has 1 N–H and O–H groups in total. The number of nitrogens with zero attached hydrogens (tertiary/aromatic N) is 2. The van der Waals surface area contributed by atoms with Crippen molar-refractivity contribution in [2.45, 2.75) is 0 Å². The van der Waals surface area contributed by atoms with Gasteiger partial charge in [-0.25, -0.2) is 9.88 Å². The summed E-state index contributed by atoms with van der Waals surface area (Å²) in [6.45, 7) is 0.433. The number of nitrogens with one attached hydrogen (secondary N) is 1. The molecule has 0 fully saturated rings. The molecule has 0 aliphatic carbocycles. The Morgan fingerprint density at radius 1 is 1.17 bits per heavy atom. The summed E-state index contributed by atoms with van der Waals surface area (Å²) < 4.78 is 0. The lowest BCUT2D eigenvalue weighted by Crippen LogP contribution is -2.30. The third-order valence-corrected chi connectivity index (χ3v) is 3.94. The summed E-state index contributed by atoms with van der Waals surface area (Å²) in [4.78, 5) is 41.7. The second-order valence-corrected chi connectivity index (χ2v) is 5.90. The first-order chi connectivity index (χ1) is 11.5. The van der Waals surface area contributed by atoms with Gasteiger partial charge in [-0.15, -0.1) is 0 Å². The predicted octanol–water partition coefficient (Wildman–Crippen LogP) is 2.20. The first kappa shape index (κ1) is 16.5. The highest BCUT2D eigenvalue weighted by Gasteiger charge is 2.37.